The molecule has 4 bridgehead atoms. The average Bonchev–Trinajstić information content (AvgIpc) is 2.75. The van der Waals surface area contributed by atoms with E-state index in [0.29, 0.717) is 0 Å². The van der Waals surface area contributed by atoms with Gasteiger partial charge in [0.15, 0.2) is 0 Å². The Kier molecular flexibility index (Phi) is 2.18. The summed E-state index contributed by atoms with van der Waals surface area (Å²) in [6, 6.07) is 1.67. The molecule has 5 aliphatic rings. The van der Waals surface area contributed by atoms with Crippen LogP contribution in [0, 0.1) is 23.7 Å². The van der Waals surface area contributed by atoms with Crippen molar-refractivity contribution in [2.24, 2.45) is 23.7 Å². The third-order valence-corrected chi connectivity index (χ3v) is 5.66. The molecule has 0 aromatic rings. The van der Waals surface area contributed by atoms with Gasteiger partial charge in [0.2, 0.25) is 0 Å². The first-order valence-electron chi connectivity index (χ1n) is 7.29. The number of rotatable bonds is 2. The van der Waals surface area contributed by atoms with E-state index in [0.717, 1.165) is 35.8 Å². The van der Waals surface area contributed by atoms with E-state index >= 15 is 0 Å². The average molecular weight is 217 g/mol. The van der Waals surface area contributed by atoms with Gasteiger partial charge < -0.3 is 5.32 Å². The summed E-state index contributed by atoms with van der Waals surface area (Å²) in [6.07, 6.45) is 15.0. The summed E-state index contributed by atoms with van der Waals surface area (Å²) < 4.78 is 0. The summed E-state index contributed by atoms with van der Waals surface area (Å²) in [5.74, 6) is 4.30. The number of hydrogen-bond donors (Lipinski definition) is 1. The van der Waals surface area contributed by atoms with E-state index in [-0.39, 0.29) is 0 Å². The Morgan fingerprint density at radius 1 is 0.750 bits per heavy atom. The van der Waals surface area contributed by atoms with Crippen LogP contribution in [0.4, 0.5) is 0 Å². The van der Waals surface area contributed by atoms with Crippen LogP contribution >= 0.6 is 0 Å². The quantitative estimate of drug-likeness (QED) is 0.701. The van der Waals surface area contributed by atoms with Crippen LogP contribution in [-0.2, 0) is 0 Å². The molecule has 0 radical (unpaired) electrons. The number of hydrogen-bond acceptors (Lipinski definition) is 1. The van der Waals surface area contributed by atoms with Crippen molar-refractivity contribution >= 4 is 0 Å². The normalized spacial score (nSPS) is 50.4. The molecular formula is C15H23N. The zero-order valence-electron chi connectivity index (χ0n) is 10.1. The minimum Gasteiger partial charge on any atom is -0.310 e. The van der Waals surface area contributed by atoms with Gasteiger partial charge in [0.05, 0.1) is 0 Å². The lowest BCUT2D eigenvalue weighted by atomic mass is 9.54. The maximum atomic E-state index is 4.00. The SMILES string of the molecule is C1=CCC(NC2C3CC4CC(C3)CC2C4)C1. The molecule has 0 aliphatic heterocycles. The van der Waals surface area contributed by atoms with Crippen LogP contribution in [0.15, 0.2) is 12.2 Å². The minimum atomic E-state index is 0.780. The molecule has 0 amide bonds. The Hall–Kier alpha value is -0.300. The lowest BCUT2D eigenvalue weighted by Gasteiger charge is -2.55. The summed E-state index contributed by atoms with van der Waals surface area (Å²) >= 11 is 0. The molecule has 0 unspecified atom stereocenters. The molecule has 5 rings (SSSR count). The van der Waals surface area contributed by atoms with Crippen molar-refractivity contribution in [1.82, 2.24) is 5.32 Å². The van der Waals surface area contributed by atoms with Crippen LogP contribution in [0.1, 0.15) is 44.9 Å². The molecule has 0 aromatic heterocycles. The first-order chi connectivity index (χ1) is 7.88. The molecule has 1 N–H and O–H groups in total. The van der Waals surface area contributed by atoms with Crippen molar-refractivity contribution in [2.45, 2.75) is 57.0 Å². The van der Waals surface area contributed by atoms with Gasteiger partial charge in [0.25, 0.3) is 0 Å². The van der Waals surface area contributed by atoms with E-state index in [9.17, 15) is 0 Å². The smallest absolute Gasteiger partial charge is 0.0139 e. The molecule has 16 heavy (non-hydrogen) atoms. The molecule has 0 heterocycles. The maximum Gasteiger partial charge on any atom is 0.0139 e. The molecule has 4 fully saturated rings. The van der Waals surface area contributed by atoms with Gasteiger partial charge >= 0.3 is 0 Å². The molecule has 0 saturated heterocycles. The minimum absolute atomic E-state index is 0.780. The second kappa shape index (κ2) is 3.60. The third kappa shape index (κ3) is 1.48. The van der Waals surface area contributed by atoms with Gasteiger partial charge in [0.1, 0.15) is 0 Å². The Morgan fingerprint density at radius 2 is 1.31 bits per heavy atom. The Labute approximate surface area is 98.7 Å². The highest BCUT2D eigenvalue weighted by Crippen LogP contribution is 2.53. The fourth-order valence-corrected chi connectivity index (χ4v) is 5.22. The summed E-state index contributed by atoms with van der Waals surface area (Å²) in [4.78, 5) is 0. The number of nitrogens with one attached hydrogen (secondary N) is 1. The highest BCUT2D eigenvalue weighted by atomic mass is 15.0. The largest absolute Gasteiger partial charge is 0.310 e. The van der Waals surface area contributed by atoms with Crippen LogP contribution in [0.3, 0.4) is 0 Å². The fourth-order valence-electron chi connectivity index (χ4n) is 5.22. The summed E-state index contributed by atoms with van der Waals surface area (Å²) in [5.41, 5.74) is 0. The third-order valence-electron chi connectivity index (χ3n) is 5.66. The molecule has 4 saturated carbocycles. The lowest BCUT2D eigenvalue weighted by Crippen LogP contribution is -2.56. The van der Waals surface area contributed by atoms with Gasteiger partial charge in [-0.2, -0.15) is 0 Å². The molecular weight excluding hydrogens is 194 g/mol. The molecule has 0 aromatic carbocycles. The van der Waals surface area contributed by atoms with Gasteiger partial charge in [-0.25, -0.2) is 0 Å². The molecule has 0 atom stereocenters. The van der Waals surface area contributed by atoms with Crippen molar-refractivity contribution in [2.75, 3.05) is 0 Å². The zero-order valence-corrected chi connectivity index (χ0v) is 10.1. The van der Waals surface area contributed by atoms with E-state index < -0.39 is 0 Å². The predicted molar refractivity (Wildman–Crippen MR) is 66.1 cm³/mol. The van der Waals surface area contributed by atoms with Gasteiger partial charge in [-0.05, 0) is 68.6 Å². The van der Waals surface area contributed by atoms with Crippen molar-refractivity contribution in [3.05, 3.63) is 12.2 Å². The zero-order chi connectivity index (χ0) is 10.5. The standard InChI is InChI=1S/C15H23N/c1-2-4-14(3-1)16-15-12-6-10-5-11(8-12)9-13(15)7-10/h1-2,10-16H,3-9H2. The van der Waals surface area contributed by atoms with Crippen LogP contribution in [0.5, 0.6) is 0 Å². The molecule has 1 heteroatoms. The van der Waals surface area contributed by atoms with Crippen LogP contribution in [0.25, 0.3) is 0 Å². The summed E-state index contributed by atoms with van der Waals surface area (Å²) in [5, 5.41) is 4.00. The van der Waals surface area contributed by atoms with Crippen molar-refractivity contribution in [1.29, 1.82) is 0 Å². The van der Waals surface area contributed by atoms with Crippen molar-refractivity contribution < 1.29 is 0 Å². The van der Waals surface area contributed by atoms with E-state index in [4.69, 9.17) is 0 Å². The Balaban J connectivity index is 1.47. The molecule has 0 spiro atoms. The van der Waals surface area contributed by atoms with Gasteiger partial charge in [0, 0.05) is 12.1 Å². The second-order valence-corrected chi connectivity index (χ2v) is 6.76. The first-order valence-corrected chi connectivity index (χ1v) is 7.29. The van der Waals surface area contributed by atoms with Crippen LogP contribution < -0.4 is 5.32 Å². The van der Waals surface area contributed by atoms with Crippen molar-refractivity contribution in [3.8, 4) is 0 Å². The maximum absolute atomic E-state index is 4.00. The van der Waals surface area contributed by atoms with E-state index in [1.54, 1.807) is 32.1 Å². The van der Waals surface area contributed by atoms with Crippen molar-refractivity contribution in [3.63, 3.8) is 0 Å². The van der Waals surface area contributed by atoms with Gasteiger partial charge in [-0.3, -0.25) is 0 Å². The molecule has 1 nitrogen and oxygen atoms in total. The van der Waals surface area contributed by atoms with Crippen LogP contribution in [-0.4, -0.2) is 12.1 Å². The fraction of sp³-hybridized carbons (Fsp3) is 0.867. The van der Waals surface area contributed by atoms with Crippen LogP contribution in [0.2, 0.25) is 0 Å². The first kappa shape index (κ1) is 9.70. The van der Waals surface area contributed by atoms with Gasteiger partial charge in [-0.15, -0.1) is 0 Å². The second-order valence-electron chi connectivity index (χ2n) is 6.76. The van der Waals surface area contributed by atoms with E-state index in [2.05, 4.69) is 17.5 Å². The molecule has 5 aliphatic carbocycles. The molecule has 88 valence electrons. The van der Waals surface area contributed by atoms with Gasteiger partial charge in [-0.1, -0.05) is 12.2 Å². The summed E-state index contributed by atoms with van der Waals surface area (Å²) in [6.45, 7) is 0. The topological polar surface area (TPSA) is 12.0 Å². The van der Waals surface area contributed by atoms with E-state index in [1.165, 1.54) is 12.8 Å². The highest BCUT2D eigenvalue weighted by Gasteiger charge is 2.48. The summed E-state index contributed by atoms with van der Waals surface area (Å²) in [7, 11) is 0. The monoisotopic (exact) mass is 217 g/mol. The predicted octanol–water partition coefficient (Wildman–Crippen LogP) is 3.12. The highest BCUT2D eigenvalue weighted by molar-refractivity contribution is 5.05. The lowest BCUT2D eigenvalue weighted by molar-refractivity contribution is -0.0172. The van der Waals surface area contributed by atoms with E-state index in [1.807, 2.05) is 0 Å². The Morgan fingerprint density at radius 3 is 1.88 bits per heavy atom. The Bertz CT molecular complexity index is 271.